The fraction of sp³-hybridized carbons (Fsp3) is 0. The summed E-state index contributed by atoms with van der Waals surface area (Å²) in [5.41, 5.74) is 11.2. The second-order valence-corrected chi connectivity index (χ2v) is 14.4. The lowest BCUT2D eigenvalue weighted by atomic mass is 10.0. The van der Waals surface area contributed by atoms with Crippen LogP contribution in [0.15, 0.2) is 192 Å². The molecular formula is C51H31N5O. The Morgan fingerprint density at radius 3 is 1.63 bits per heavy atom. The monoisotopic (exact) mass is 729 g/mol. The molecule has 0 saturated carbocycles. The molecule has 0 amide bonds. The van der Waals surface area contributed by atoms with E-state index in [1.807, 2.05) is 30.3 Å². The zero-order valence-electron chi connectivity index (χ0n) is 30.5. The number of hydrogen-bond donors (Lipinski definition) is 0. The molecule has 0 N–H and O–H groups in total. The van der Waals surface area contributed by atoms with E-state index in [1.54, 1.807) is 0 Å². The van der Waals surface area contributed by atoms with Gasteiger partial charge in [0.15, 0.2) is 11.6 Å². The summed E-state index contributed by atoms with van der Waals surface area (Å²) < 4.78 is 10.7. The lowest BCUT2D eigenvalue weighted by Crippen LogP contribution is -2.06. The molecule has 12 rings (SSSR count). The average molecular weight is 730 g/mol. The molecule has 0 bridgehead atoms. The Morgan fingerprint density at radius 2 is 0.877 bits per heavy atom. The van der Waals surface area contributed by atoms with Gasteiger partial charge in [0, 0.05) is 49.1 Å². The smallest absolute Gasteiger partial charge is 0.238 e. The SMILES string of the molecule is c1ccc(-c2nc(-c3cccc(-c4ccc5oc6ccccc6c5c4)c3)nc(-n3c4ccccc4c4c5c6ccccc6n(-c6ccccc6)c5ccc43)n2)cc1. The van der Waals surface area contributed by atoms with Crippen molar-refractivity contribution in [3.05, 3.63) is 188 Å². The number of nitrogens with zero attached hydrogens (tertiary/aromatic N) is 5. The van der Waals surface area contributed by atoms with Gasteiger partial charge < -0.3 is 8.98 Å². The van der Waals surface area contributed by atoms with Gasteiger partial charge in [-0.2, -0.15) is 9.97 Å². The van der Waals surface area contributed by atoms with Crippen LogP contribution in [0.1, 0.15) is 0 Å². The van der Waals surface area contributed by atoms with Gasteiger partial charge in [0.05, 0.1) is 22.1 Å². The van der Waals surface area contributed by atoms with Crippen molar-refractivity contribution in [2.24, 2.45) is 0 Å². The van der Waals surface area contributed by atoms with Crippen LogP contribution in [0.25, 0.3) is 111 Å². The molecular weight excluding hydrogens is 699 g/mol. The summed E-state index contributed by atoms with van der Waals surface area (Å²) in [5.74, 6) is 1.77. The van der Waals surface area contributed by atoms with Crippen LogP contribution in [0.2, 0.25) is 0 Å². The standard InChI is InChI=1S/C51H31N5O/c1-3-14-32(15-4-1)49-52-50(35-17-13-16-33(30-35)34-26-29-46-40(31-34)37-20-9-12-25-45(37)57-46)54-51(53-49)56-42-24-11-8-22-39(42)48-44(56)28-27-43-47(48)38-21-7-10-23-41(38)55(43)36-18-5-2-6-19-36/h1-31H. The quantitative estimate of drug-likeness (QED) is 0.177. The highest BCUT2D eigenvalue weighted by Gasteiger charge is 2.22. The van der Waals surface area contributed by atoms with Crippen LogP contribution in [0.4, 0.5) is 0 Å². The van der Waals surface area contributed by atoms with Gasteiger partial charge in [-0.05, 0) is 71.8 Å². The molecule has 6 heteroatoms. The van der Waals surface area contributed by atoms with Gasteiger partial charge in [-0.25, -0.2) is 4.98 Å². The summed E-state index contributed by atoms with van der Waals surface area (Å²) in [7, 11) is 0. The molecule has 0 aliphatic rings. The maximum absolute atomic E-state index is 6.14. The molecule has 0 aliphatic heterocycles. The molecule has 0 aliphatic carbocycles. The Kier molecular flexibility index (Phi) is 6.83. The van der Waals surface area contributed by atoms with Crippen LogP contribution < -0.4 is 0 Å². The van der Waals surface area contributed by atoms with Gasteiger partial charge in [0.1, 0.15) is 11.2 Å². The van der Waals surface area contributed by atoms with Crippen molar-refractivity contribution in [2.45, 2.75) is 0 Å². The molecule has 0 unspecified atom stereocenters. The van der Waals surface area contributed by atoms with Gasteiger partial charge in [0.25, 0.3) is 0 Å². The fourth-order valence-corrected chi connectivity index (χ4v) is 8.64. The molecule has 6 nitrogen and oxygen atoms in total. The molecule has 8 aromatic carbocycles. The molecule has 0 saturated heterocycles. The van der Waals surface area contributed by atoms with Gasteiger partial charge in [-0.15, -0.1) is 0 Å². The summed E-state index contributed by atoms with van der Waals surface area (Å²) in [6, 6.07) is 65.5. The van der Waals surface area contributed by atoms with Crippen molar-refractivity contribution in [1.29, 1.82) is 0 Å². The molecule has 0 radical (unpaired) electrons. The van der Waals surface area contributed by atoms with Crippen LogP contribution in [0.5, 0.6) is 0 Å². The first kappa shape index (κ1) is 31.5. The average Bonchev–Trinajstić information content (AvgIpc) is 3.94. The second-order valence-electron chi connectivity index (χ2n) is 14.4. The van der Waals surface area contributed by atoms with E-state index in [4.69, 9.17) is 19.4 Å². The Hall–Kier alpha value is -7.83. The van der Waals surface area contributed by atoms with E-state index in [2.05, 4.69) is 167 Å². The predicted octanol–water partition coefficient (Wildman–Crippen LogP) is 13.0. The molecule has 4 aromatic heterocycles. The first-order valence-electron chi connectivity index (χ1n) is 19.1. The van der Waals surface area contributed by atoms with Crippen LogP contribution in [-0.4, -0.2) is 24.1 Å². The third-order valence-electron chi connectivity index (χ3n) is 11.2. The summed E-state index contributed by atoms with van der Waals surface area (Å²) in [6.45, 7) is 0. The van der Waals surface area contributed by atoms with E-state index in [9.17, 15) is 0 Å². The number of rotatable bonds is 5. The molecule has 12 aromatic rings. The van der Waals surface area contributed by atoms with Crippen LogP contribution >= 0.6 is 0 Å². The Balaban J connectivity index is 1.10. The van der Waals surface area contributed by atoms with Crippen LogP contribution in [0.3, 0.4) is 0 Å². The maximum Gasteiger partial charge on any atom is 0.238 e. The van der Waals surface area contributed by atoms with Crippen molar-refractivity contribution in [1.82, 2.24) is 24.1 Å². The van der Waals surface area contributed by atoms with Crippen molar-refractivity contribution in [3.63, 3.8) is 0 Å². The van der Waals surface area contributed by atoms with E-state index in [1.165, 1.54) is 16.2 Å². The summed E-state index contributed by atoms with van der Waals surface area (Å²) in [6.07, 6.45) is 0. The predicted molar refractivity (Wildman–Crippen MR) is 232 cm³/mol. The molecule has 0 atom stereocenters. The van der Waals surface area contributed by atoms with Crippen molar-refractivity contribution >= 4 is 65.6 Å². The highest BCUT2D eigenvalue weighted by Crippen LogP contribution is 2.42. The lowest BCUT2D eigenvalue weighted by molar-refractivity contribution is 0.669. The highest BCUT2D eigenvalue weighted by molar-refractivity contribution is 6.28. The van der Waals surface area contributed by atoms with E-state index in [-0.39, 0.29) is 0 Å². The van der Waals surface area contributed by atoms with Crippen LogP contribution in [-0.2, 0) is 0 Å². The Labute approximate surface area is 326 Å². The third kappa shape index (κ3) is 4.87. The number of benzene rings is 8. The van der Waals surface area contributed by atoms with Gasteiger partial charge in [0.2, 0.25) is 5.95 Å². The molecule has 0 fully saturated rings. The number of para-hydroxylation sites is 4. The van der Waals surface area contributed by atoms with E-state index in [0.29, 0.717) is 17.6 Å². The number of hydrogen-bond acceptors (Lipinski definition) is 4. The van der Waals surface area contributed by atoms with Gasteiger partial charge >= 0.3 is 0 Å². The zero-order valence-corrected chi connectivity index (χ0v) is 30.5. The fourth-order valence-electron chi connectivity index (χ4n) is 8.64. The van der Waals surface area contributed by atoms with Crippen molar-refractivity contribution in [3.8, 4) is 45.5 Å². The Morgan fingerprint density at radius 1 is 0.333 bits per heavy atom. The number of furan rings is 1. The van der Waals surface area contributed by atoms with Gasteiger partial charge in [-0.3, -0.25) is 4.57 Å². The summed E-state index contributed by atoms with van der Waals surface area (Å²) in [5, 5.41) is 6.91. The zero-order chi connectivity index (χ0) is 37.5. The third-order valence-corrected chi connectivity index (χ3v) is 11.2. The van der Waals surface area contributed by atoms with Gasteiger partial charge in [-0.1, -0.05) is 127 Å². The van der Waals surface area contributed by atoms with Crippen molar-refractivity contribution in [2.75, 3.05) is 0 Å². The molecule has 0 spiro atoms. The first-order chi connectivity index (χ1) is 28.3. The highest BCUT2D eigenvalue weighted by atomic mass is 16.3. The summed E-state index contributed by atoms with van der Waals surface area (Å²) >= 11 is 0. The maximum atomic E-state index is 6.14. The van der Waals surface area contributed by atoms with Crippen molar-refractivity contribution < 1.29 is 4.42 Å². The van der Waals surface area contributed by atoms with E-state index >= 15 is 0 Å². The first-order valence-corrected chi connectivity index (χ1v) is 19.1. The van der Waals surface area contributed by atoms with E-state index in [0.717, 1.165) is 77.3 Å². The minimum Gasteiger partial charge on any atom is -0.456 e. The van der Waals surface area contributed by atoms with E-state index < -0.39 is 0 Å². The normalized spacial score (nSPS) is 11.9. The summed E-state index contributed by atoms with van der Waals surface area (Å²) in [4.78, 5) is 15.7. The minimum atomic E-state index is 0.563. The molecule has 266 valence electrons. The Bertz CT molecular complexity index is 3520. The van der Waals surface area contributed by atoms with Crippen LogP contribution in [0, 0.1) is 0 Å². The molecule has 57 heavy (non-hydrogen) atoms. The largest absolute Gasteiger partial charge is 0.456 e. The number of fused-ring (bicyclic) bond motifs is 10. The lowest BCUT2D eigenvalue weighted by Gasteiger charge is -2.12. The number of aromatic nitrogens is 5. The topological polar surface area (TPSA) is 61.7 Å². The molecule has 4 heterocycles. The second kappa shape index (κ2) is 12.3. The minimum absolute atomic E-state index is 0.563.